The van der Waals surface area contributed by atoms with Crippen LogP contribution in [-0.4, -0.2) is 15.3 Å². The second kappa shape index (κ2) is 6.54. The van der Waals surface area contributed by atoms with E-state index in [-0.39, 0.29) is 5.56 Å². The third-order valence-electron chi connectivity index (χ3n) is 3.83. The lowest BCUT2D eigenvalue weighted by atomic mass is 10.1. The monoisotopic (exact) mass is 321 g/mol. The van der Waals surface area contributed by atoms with Crippen LogP contribution < -0.4 is 16.7 Å². The number of para-hydroxylation sites is 1. The summed E-state index contributed by atoms with van der Waals surface area (Å²) in [6.45, 7) is 4.29. The number of nitrogen functional groups attached to an aromatic ring is 1. The fourth-order valence-corrected chi connectivity index (χ4v) is 2.47. The summed E-state index contributed by atoms with van der Waals surface area (Å²) >= 11 is 0. The first kappa shape index (κ1) is 15.7. The standard InChI is InChI=1S/C18H19N5O/c1-3-23-17(24)15-6-4-5-7-16(15)20-18(23)22-21-12(2)13-8-10-14(19)11-9-13/h4-11H,3,19H2,1-2H3,(H,20,22)/b21-12+. The zero-order valence-corrected chi connectivity index (χ0v) is 13.7. The number of benzene rings is 2. The van der Waals surface area contributed by atoms with Gasteiger partial charge in [0, 0.05) is 12.2 Å². The largest absolute Gasteiger partial charge is 0.399 e. The average molecular weight is 321 g/mol. The van der Waals surface area contributed by atoms with Gasteiger partial charge in [-0.2, -0.15) is 5.10 Å². The zero-order valence-electron chi connectivity index (χ0n) is 13.7. The van der Waals surface area contributed by atoms with Gasteiger partial charge in [0.05, 0.1) is 16.6 Å². The summed E-state index contributed by atoms with van der Waals surface area (Å²) in [6, 6.07) is 14.7. The van der Waals surface area contributed by atoms with Crippen molar-refractivity contribution >= 4 is 28.3 Å². The first-order chi connectivity index (χ1) is 11.6. The molecule has 0 aliphatic carbocycles. The second-order valence-corrected chi connectivity index (χ2v) is 5.43. The lowest BCUT2D eigenvalue weighted by Gasteiger charge is -2.11. The van der Waals surface area contributed by atoms with E-state index in [0.29, 0.717) is 29.1 Å². The molecule has 0 aliphatic heterocycles. The minimum atomic E-state index is -0.0778. The number of rotatable bonds is 4. The molecule has 0 fully saturated rings. The molecular weight excluding hydrogens is 302 g/mol. The molecule has 0 amide bonds. The number of nitrogens with zero attached hydrogens (tertiary/aromatic N) is 3. The summed E-state index contributed by atoms with van der Waals surface area (Å²) in [6.07, 6.45) is 0. The van der Waals surface area contributed by atoms with Crippen molar-refractivity contribution in [1.82, 2.24) is 9.55 Å². The fourth-order valence-electron chi connectivity index (χ4n) is 2.47. The molecule has 0 aliphatic rings. The molecule has 0 saturated carbocycles. The molecule has 6 nitrogen and oxygen atoms in total. The molecule has 0 saturated heterocycles. The number of hydrogen-bond acceptors (Lipinski definition) is 5. The van der Waals surface area contributed by atoms with Crippen molar-refractivity contribution in [3.63, 3.8) is 0 Å². The van der Waals surface area contributed by atoms with Crippen molar-refractivity contribution in [3.8, 4) is 0 Å². The number of fused-ring (bicyclic) bond motifs is 1. The molecule has 3 rings (SSSR count). The van der Waals surface area contributed by atoms with Gasteiger partial charge in [-0.25, -0.2) is 10.4 Å². The van der Waals surface area contributed by atoms with Crippen molar-refractivity contribution in [2.24, 2.45) is 5.10 Å². The third-order valence-corrected chi connectivity index (χ3v) is 3.83. The SMILES string of the molecule is CCn1c(N/N=C(\C)c2ccc(N)cc2)nc2ccccc2c1=O. The van der Waals surface area contributed by atoms with Crippen LogP contribution >= 0.6 is 0 Å². The Morgan fingerprint density at radius 1 is 1.21 bits per heavy atom. The zero-order chi connectivity index (χ0) is 17.1. The quantitative estimate of drug-likeness (QED) is 0.439. The minimum absolute atomic E-state index is 0.0778. The molecule has 122 valence electrons. The van der Waals surface area contributed by atoms with Crippen LogP contribution in [0.2, 0.25) is 0 Å². The summed E-state index contributed by atoms with van der Waals surface area (Å²) in [5.74, 6) is 0.427. The Labute approximate surface area is 139 Å². The maximum Gasteiger partial charge on any atom is 0.262 e. The fraction of sp³-hybridized carbons (Fsp3) is 0.167. The van der Waals surface area contributed by atoms with Gasteiger partial charge in [-0.05, 0) is 43.7 Å². The summed E-state index contributed by atoms with van der Waals surface area (Å²) < 4.78 is 1.57. The molecule has 2 aromatic carbocycles. The van der Waals surface area contributed by atoms with Gasteiger partial charge in [0.2, 0.25) is 5.95 Å². The van der Waals surface area contributed by atoms with Gasteiger partial charge >= 0.3 is 0 Å². The summed E-state index contributed by atoms with van der Waals surface area (Å²) in [7, 11) is 0. The summed E-state index contributed by atoms with van der Waals surface area (Å²) in [5, 5.41) is 4.96. The Bertz CT molecular complexity index is 957. The van der Waals surface area contributed by atoms with Crippen LogP contribution in [-0.2, 0) is 6.54 Å². The Kier molecular flexibility index (Phi) is 4.29. The van der Waals surface area contributed by atoms with E-state index in [0.717, 1.165) is 11.3 Å². The van der Waals surface area contributed by atoms with Crippen molar-refractivity contribution in [1.29, 1.82) is 0 Å². The smallest absolute Gasteiger partial charge is 0.262 e. The van der Waals surface area contributed by atoms with E-state index in [9.17, 15) is 4.79 Å². The molecule has 0 spiro atoms. The molecule has 6 heteroatoms. The Morgan fingerprint density at radius 3 is 2.62 bits per heavy atom. The van der Waals surface area contributed by atoms with Crippen LogP contribution in [0.4, 0.5) is 11.6 Å². The number of hydrazone groups is 1. The first-order valence-electron chi connectivity index (χ1n) is 7.76. The number of aromatic nitrogens is 2. The lowest BCUT2D eigenvalue weighted by molar-refractivity contribution is 0.724. The molecule has 1 heterocycles. The van der Waals surface area contributed by atoms with Crippen LogP contribution in [0, 0.1) is 0 Å². The number of nitrogens with two attached hydrogens (primary N) is 1. The average Bonchev–Trinajstić information content (AvgIpc) is 2.60. The van der Waals surface area contributed by atoms with Crippen LogP contribution in [0.3, 0.4) is 0 Å². The Balaban J connectivity index is 1.99. The minimum Gasteiger partial charge on any atom is -0.399 e. The highest BCUT2D eigenvalue weighted by atomic mass is 16.1. The highest BCUT2D eigenvalue weighted by Gasteiger charge is 2.09. The van der Waals surface area contributed by atoms with Crippen molar-refractivity contribution < 1.29 is 0 Å². The van der Waals surface area contributed by atoms with Crippen LogP contribution in [0.5, 0.6) is 0 Å². The Hall–Kier alpha value is -3.15. The van der Waals surface area contributed by atoms with Crippen LogP contribution in [0.15, 0.2) is 58.4 Å². The van der Waals surface area contributed by atoms with Crippen molar-refractivity contribution in [2.75, 3.05) is 11.2 Å². The molecule has 1 aromatic heterocycles. The summed E-state index contributed by atoms with van der Waals surface area (Å²) in [5.41, 5.74) is 11.6. The predicted molar refractivity (Wildman–Crippen MR) is 98.4 cm³/mol. The van der Waals surface area contributed by atoms with Crippen molar-refractivity contribution in [2.45, 2.75) is 20.4 Å². The molecule has 0 bridgehead atoms. The molecule has 24 heavy (non-hydrogen) atoms. The predicted octanol–water partition coefficient (Wildman–Crippen LogP) is 2.83. The maximum absolute atomic E-state index is 12.6. The Morgan fingerprint density at radius 2 is 1.92 bits per heavy atom. The number of hydrogen-bond donors (Lipinski definition) is 2. The van der Waals surface area contributed by atoms with Gasteiger partial charge in [-0.15, -0.1) is 0 Å². The van der Waals surface area contributed by atoms with Crippen LogP contribution in [0.1, 0.15) is 19.4 Å². The normalized spacial score (nSPS) is 11.7. The van der Waals surface area contributed by atoms with Gasteiger partial charge in [0.15, 0.2) is 0 Å². The molecule has 0 atom stereocenters. The van der Waals surface area contributed by atoms with Gasteiger partial charge < -0.3 is 5.73 Å². The first-order valence-corrected chi connectivity index (χ1v) is 7.76. The van der Waals surface area contributed by atoms with Crippen molar-refractivity contribution in [3.05, 3.63) is 64.4 Å². The van der Waals surface area contributed by atoms with E-state index in [1.165, 1.54) is 0 Å². The van der Waals surface area contributed by atoms with E-state index >= 15 is 0 Å². The number of anilines is 2. The second-order valence-electron chi connectivity index (χ2n) is 5.43. The van der Waals surface area contributed by atoms with Gasteiger partial charge in [-0.3, -0.25) is 9.36 Å². The lowest BCUT2D eigenvalue weighted by Crippen LogP contribution is -2.23. The van der Waals surface area contributed by atoms with Gasteiger partial charge in [0.1, 0.15) is 0 Å². The molecule has 0 radical (unpaired) electrons. The topological polar surface area (TPSA) is 85.3 Å². The molecule has 3 aromatic rings. The van der Waals surface area contributed by atoms with E-state index in [1.807, 2.05) is 56.3 Å². The molecule has 3 N–H and O–H groups in total. The third kappa shape index (κ3) is 2.99. The molecular formula is C18H19N5O. The van der Waals surface area contributed by atoms with E-state index < -0.39 is 0 Å². The van der Waals surface area contributed by atoms with E-state index in [1.54, 1.807) is 10.6 Å². The summed E-state index contributed by atoms with van der Waals surface area (Å²) in [4.78, 5) is 17.1. The van der Waals surface area contributed by atoms with E-state index in [2.05, 4.69) is 15.5 Å². The van der Waals surface area contributed by atoms with Gasteiger partial charge in [-0.1, -0.05) is 24.3 Å². The molecule has 0 unspecified atom stereocenters. The highest BCUT2D eigenvalue weighted by Crippen LogP contribution is 2.12. The van der Waals surface area contributed by atoms with Crippen LogP contribution in [0.25, 0.3) is 10.9 Å². The van der Waals surface area contributed by atoms with E-state index in [4.69, 9.17) is 5.73 Å². The van der Waals surface area contributed by atoms with Gasteiger partial charge in [0.25, 0.3) is 5.56 Å². The highest BCUT2D eigenvalue weighted by molar-refractivity contribution is 5.99. The number of nitrogens with one attached hydrogen (secondary N) is 1. The maximum atomic E-state index is 12.6.